The maximum absolute atomic E-state index is 11.8. The lowest BCUT2D eigenvalue weighted by atomic mass is 10.2. The van der Waals surface area contributed by atoms with E-state index in [0.29, 0.717) is 22.5 Å². The van der Waals surface area contributed by atoms with E-state index in [-0.39, 0.29) is 12.3 Å². The largest absolute Gasteiger partial charge is 0.355 e. The van der Waals surface area contributed by atoms with Gasteiger partial charge in [-0.25, -0.2) is 5.43 Å². The second kappa shape index (κ2) is 9.75. The molecule has 6 nitrogen and oxygen atoms in total. The van der Waals surface area contributed by atoms with Gasteiger partial charge in [0.05, 0.1) is 16.9 Å². The molecule has 1 aromatic heterocycles. The van der Waals surface area contributed by atoms with Crippen LogP contribution in [0.1, 0.15) is 37.2 Å². The second-order valence-electron chi connectivity index (χ2n) is 6.93. The van der Waals surface area contributed by atoms with Crippen molar-refractivity contribution in [3.05, 3.63) is 51.3 Å². The highest BCUT2D eigenvalue weighted by Crippen LogP contribution is 2.28. The number of carbonyl (C=O) groups is 2. The smallest absolute Gasteiger partial charge is 0.249 e. The number of hydrogen-bond donors (Lipinski definition) is 2. The molecule has 2 N–H and O–H groups in total. The molecule has 0 aliphatic rings. The molecule has 0 bridgehead atoms. The van der Waals surface area contributed by atoms with E-state index in [1.807, 2.05) is 38.3 Å². The first-order valence-electron chi connectivity index (χ1n) is 8.92. The van der Waals surface area contributed by atoms with Gasteiger partial charge in [0.1, 0.15) is 6.42 Å². The number of benzene rings is 1. The lowest BCUT2D eigenvalue weighted by molar-refractivity contribution is -0.129. The zero-order valence-corrected chi connectivity index (χ0v) is 17.9. The van der Waals surface area contributed by atoms with E-state index in [4.69, 9.17) is 23.2 Å². The molecule has 150 valence electrons. The highest BCUT2D eigenvalue weighted by atomic mass is 35.5. The number of aryl methyl sites for hydroxylation is 1. The van der Waals surface area contributed by atoms with Crippen LogP contribution in [0.25, 0.3) is 5.69 Å². The molecule has 0 saturated heterocycles. The third-order valence-electron chi connectivity index (χ3n) is 4.04. The summed E-state index contributed by atoms with van der Waals surface area (Å²) in [4.78, 5) is 23.5. The fraction of sp³-hybridized carbons (Fsp3) is 0.350. The molecule has 28 heavy (non-hydrogen) atoms. The van der Waals surface area contributed by atoms with Crippen molar-refractivity contribution < 1.29 is 9.59 Å². The van der Waals surface area contributed by atoms with Crippen molar-refractivity contribution in [1.29, 1.82) is 0 Å². The average molecular weight is 423 g/mol. The zero-order valence-electron chi connectivity index (χ0n) is 16.3. The number of carbonyl (C=O) groups excluding carboxylic acids is 2. The Hall–Kier alpha value is -2.31. The van der Waals surface area contributed by atoms with Crippen molar-refractivity contribution in [3.63, 3.8) is 0 Å². The molecule has 0 unspecified atom stereocenters. The van der Waals surface area contributed by atoms with E-state index in [1.54, 1.807) is 24.4 Å². The van der Waals surface area contributed by atoms with Crippen LogP contribution in [-0.4, -0.2) is 29.1 Å². The third-order valence-corrected chi connectivity index (χ3v) is 4.60. The van der Waals surface area contributed by atoms with Crippen molar-refractivity contribution in [2.45, 2.75) is 34.1 Å². The molecule has 2 amide bonds. The van der Waals surface area contributed by atoms with Crippen LogP contribution < -0.4 is 10.7 Å². The second-order valence-corrected chi connectivity index (χ2v) is 7.77. The number of hydrogen-bond acceptors (Lipinski definition) is 3. The van der Waals surface area contributed by atoms with Crippen LogP contribution in [0.15, 0.2) is 29.4 Å². The highest BCUT2D eigenvalue weighted by molar-refractivity contribution is 6.34. The van der Waals surface area contributed by atoms with E-state index in [2.05, 4.69) is 15.8 Å². The van der Waals surface area contributed by atoms with Gasteiger partial charge in [0.25, 0.3) is 0 Å². The standard InChI is InChI=1S/C20H24Cl2N4O2/c1-12(2)10-23-19(27)9-20(28)25-24-11-15-7-13(3)26(14(15)4)18-8-16(21)5-6-17(18)22/h5-8,11-12H,9-10H2,1-4H3,(H,23,27)(H,25,28)/b24-11+. The molecule has 2 rings (SSSR count). The molecule has 0 aliphatic heterocycles. The minimum Gasteiger partial charge on any atom is -0.355 e. The molecule has 0 aliphatic carbocycles. The summed E-state index contributed by atoms with van der Waals surface area (Å²) < 4.78 is 1.97. The minimum absolute atomic E-state index is 0.263. The third kappa shape index (κ3) is 5.84. The minimum atomic E-state index is -0.468. The van der Waals surface area contributed by atoms with E-state index < -0.39 is 5.91 Å². The normalized spacial score (nSPS) is 11.2. The summed E-state index contributed by atoms with van der Waals surface area (Å²) in [5.41, 5.74) is 5.81. The molecule has 2 aromatic rings. The molecule has 0 atom stereocenters. The Morgan fingerprint density at radius 1 is 1.18 bits per heavy atom. The number of nitrogens with one attached hydrogen (secondary N) is 2. The van der Waals surface area contributed by atoms with Gasteiger partial charge in [0.2, 0.25) is 11.8 Å². The quantitative estimate of drug-likeness (QED) is 0.401. The number of rotatable bonds is 7. The van der Waals surface area contributed by atoms with Crippen LogP contribution >= 0.6 is 23.2 Å². The summed E-state index contributed by atoms with van der Waals surface area (Å²) in [6.45, 7) is 8.37. The van der Waals surface area contributed by atoms with Gasteiger partial charge in [-0.05, 0) is 44.0 Å². The van der Waals surface area contributed by atoms with Gasteiger partial charge in [-0.15, -0.1) is 0 Å². The van der Waals surface area contributed by atoms with Gasteiger partial charge in [0, 0.05) is 28.5 Å². The fourth-order valence-electron chi connectivity index (χ4n) is 2.69. The molecule has 1 heterocycles. The van der Waals surface area contributed by atoms with Gasteiger partial charge in [-0.3, -0.25) is 9.59 Å². The Morgan fingerprint density at radius 3 is 2.57 bits per heavy atom. The topological polar surface area (TPSA) is 75.5 Å². The summed E-state index contributed by atoms with van der Waals surface area (Å²) in [5, 5.41) is 7.82. The number of aromatic nitrogens is 1. The van der Waals surface area contributed by atoms with Crippen LogP contribution in [0, 0.1) is 19.8 Å². The van der Waals surface area contributed by atoms with Gasteiger partial charge in [0.15, 0.2) is 0 Å². The molecule has 8 heteroatoms. The van der Waals surface area contributed by atoms with Crippen LogP contribution in [0.3, 0.4) is 0 Å². The Balaban J connectivity index is 2.06. The van der Waals surface area contributed by atoms with Crippen LogP contribution in [0.2, 0.25) is 10.0 Å². The van der Waals surface area contributed by atoms with Crippen molar-refractivity contribution in [1.82, 2.24) is 15.3 Å². The predicted molar refractivity (Wildman–Crippen MR) is 113 cm³/mol. The van der Waals surface area contributed by atoms with Crippen LogP contribution in [0.5, 0.6) is 0 Å². The molecule has 0 spiro atoms. The maximum Gasteiger partial charge on any atom is 0.249 e. The molecular weight excluding hydrogens is 399 g/mol. The van der Waals surface area contributed by atoms with Crippen molar-refractivity contribution in [3.8, 4) is 5.69 Å². The van der Waals surface area contributed by atoms with E-state index in [0.717, 1.165) is 22.6 Å². The van der Waals surface area contributed by atoms with Crippen molar-refractivity contribution >= 4 is 41.2 Å². The zero-order chi connectivity index (χ0) is 20.8. The van der Waals surface area contributed by atoms with E-state index >= 15 is 0 Å². The summed E-state index contributed by atoms with van der Waals surface area (Å²) >= 11 is 12.4. The molecule has 0 radical (unpaired) electrons. The number of hydrazone groups is 1. The molecule has 0 saturated carbocycles. The average Bonchev–Trinajstić information content (AvgIpc) is 2.89. The first kappa shape index (κ1) is 22.0. The van der Waals surface area contributed by atoms with E-state index in [9.17, 15) is 9.59 Å². The number of nitrogens with zero attached hydrogens (tertiary/aromatic N) is 2. The number of amides is 2. The monoisotopic (exact) mass is 422 g/mol. The Kier molecular flexibility index (Phi) is 7.66. The first-order valence-corrected chi connectivity index (χ1v) is 9.67. The van der Waals surface area contributed by atoms with Gasteiger partial charge in [-0.1, -0.05) is 37.0 Å². The SMILES string of the molecule is Cc1cc(/C=N/NC(=O)CC(=O)NCC(C)C)c(C)n1-c1cc(Cl)ccc1Cl. The van der Waals surface area contributed by atoms with Crippen molar-refractivity contribution in [2.75, 3.05) is 6.54 Å². The Labute approximate surface area is 174 Å². The van der Waals surface area contributed by atoms with Crippen molar-refractivity contribution in [2.24, 2.45) is 11.0 Å². The molecular formula is C20H24Cl2N4O2. The lowest BCUT2D eigenvalue weighted by Gasteiger charge is -2.12. The highest BCUT2D eigenvalue weighted by Gasteiger charge is 2.13. The summed E-state index contributed by atoms with van der Waals surface area (Å²) in [6, 6.07) is 7.20. The van der Waals surface area contributed by atoms with Crippen LogP contribution in [0.4, 0.5) is 0 Å². The molecule has 0 fully saturated rings. The Bertz CT molecular complexity index is 904. The lowest BCUT2D eigenvalue weighted by Crippen LogP contribution is -2.32. The molecule has 1 aromatic carbocycles. The predicted octanol–water partition coefficient (Wildman–Crippen LogP) is 4.01. The number of halogens is 2. The van der Waals surface area contributed by atoms with Gasteiger partial charge < -0.3 is 9.88 Å². The first-order chi connectivity index (χ1) is 13.2. The maximum atomic E-state index is 11.8. The Morgan fingerprint density at radius 2 is 1.89 bits per heavy atom. The van der Waals surface area contributed by atoms with Gasteiger partial charge in [-0.2, -0.15) is 5.10 Å². The van der Waals surface area contributed by atoms with Gasteiger partial charge >= 0.3 is 0 Å². The summed E-state index contributed by atoms with van der Waals surface area (Å²) in [7, 11) is 0. The van der Waals surface area contributed by atoms with Crippen LogP contribution in [-0.2, 0) is 9.59 Å². The fourth-order valence-corrected chi connectivity index (χ4v) is 3.05. The van der Waals surface area contributed by atoms with E-state index in [1.165, 1.54) is 0 Å². The summed E-state index contributed by atoms with van der Waals surface area (Å²) in [5.74, 6) is -0.465. The summed E-state index contributed by atoms with van der Waals surface area (Å²) in [6.07, 6.45) is 1.28.